The van der Waals surface area contributed by atoms with Crippen LogP contribution in [0.4, 0.5) is 5.69 Å². The van der Waals surface area contributed by atoms with Crippen molar-refractivity contribution in [2.24, 2.45) is 5.73 Å². The summed E-state index contributed by atoms with van der Waals surface area (Å²) < 4.78 is 10.6. The smallest absolute Gasteiger partial charge is 0.338 e. The summed E-state index contributed by atoms with van der Waals surface area (Å²) in [6.07, 6.45) is 0. The molecule has 1 aliphatic rings. The molecule has 0 aliphatic carbocycles. The van der Waals surface area contributed by atoms with Crippen LogP contribution in [0.2, 0.25) is 0 Å². The van der Waals surface area contributed by atoms with Crippen LogP contribution in [0.1, 0.15) is 30.9 Å². The average molecular weight is 341 g/mol. The standard InChI is InChI=1S/C19H23N3O3/c1-6-24-19(23)16-12(3)25-18(21)15(10-20)17(16)14-8-7-13(22(4)5)9-11(14)2/h7-9,17H,6,21H2,1-5H3. The van der Waals surface area contributed by atoms with Crippen molar-refractivity contribution >= 4 is 11.7 Å². The topological polar surface area (TPSA) is 88.6 Å². The molecule has 0 bridgehead atoms. The third kappa shape index (κ3) is 3.45. The van der Waals surface area contributed by atoms with Crippen LogP contribution in [0.25, 0.3) is 0 Å². The molecule has 0 radical (unpaired) electrons. The van der Waals surface area contributed by atoms with E-state index < -0.39 is 11.9 Å². The van der Waals surface area contributed by atoms with Gasteiger partial charge in [0.25, 0.3) is 0 Å². The number of allylic oxidation sites excluding steroid dienone is 2. The molecule has 0 saturated heterocycles. The fourth-order valence-electron chi connectivity index (χ4n) is 2.93. The number of aryl methyl sites for hydroxylation is 1. The largest absolute Gasteiger partial charge is 0.463 e. The zero-order chi connectivity index (χ0) is 18.7. The Balaban J connectivity index is 2.65. The summed E-state index contributed by atoms with van der Waals surface area (Å²) in [7, 11) is 3.91. The second kappa shape index (κ2) is 7.31. The van der Waals surface area contributed by atoms with E-state index in [9.17, 15) is 10.1 Å². The van der Waals surface area contributed by atoms with Gasteiger partial charge in [-0.05, 0) is 44.0 Å². The zero-order valence-electron chi connectivity index (χ0n) is 15.2. The Hall–Kier alpha value is -2.94. The van der Waals surface area contributed by atoms with Crippen molar-refractivity contribution < 1.29 is 14.3 Å². The van der Waals surface area contributed by atoms with Crippen molar-refractivity contribution in [1.29, 1.82) is 5.26 Å². The van der Waals surface area contributed by atoms with Gasteiger partial charge in [0.15, 0.2) is 0 Å². The number of anilines is 1. The quantitative estimate of drug-likeness (QED) is 0.847. The highest BCUT2D eigenvalue weighted by Gasteiger charge is 2.37. The maximum atomic E-state index is 12.5. The number of nitriles is 1. The van der Waals surface area contributed by atoms with E-state index in [-0.39, 0.29) is 18.1 Å². The molecule has 0 fully saturated rings. The van der Waals surface area contributed by atoms with Crippen molar-refractivity contribution in [2.45, 2.75) is 26.7 Å². The van der Waals surface area contributed by atoms with E-state index in [1.54, 1.807) is 13.8 Å². The molecule has 1 unspecified atom stereocenters. The van der Waals surface area contributed by atoms with E-state index in [4.69, 9.17) is 15.2 Å². The lowest BCUT2D eigenvalue weighted by atomic mass is 9.81. The van der Waals surface area contributed by atoms with Gasteiger partial charge in [0.1, 0.15) is 17.4 Å². The van der Waals surface area contributed by atoms with Gasteiger partial charge in [0.05, 0.1) is 18.1 Å². The molecule has 1 aromatic carbocycles. The normalized spacial score (nSPS) is 17.0. The van der Waals surface area contributed by atoms with Gasteiger partial charge < -0.3 is 20.1 Å². The van der Waals surface area contributed by atoms with E-state index in [0.717, 1.165) is 16.8 Å². The number of hydrogen-bond donors (Lipinski definition) is 1. The van der Waals surface area contributed by atoms with Crippen LogP contribution in [0, 0.1) is 18.3 Å². The summed E-state index contributed by atoms with van der Waals surface area (Å²) in [4.78, 5) is 14.5. The highest BCUT2D eigenvalue weighted by molar-refractivity contribution is 5.92. The van der Waals surface area contributed by atoms with Gasteiger partial charge in [-0.25, -0.2) is 4.79 Å². The molecule has 0 saturated carbocycles. The summed E-state index contributed by atoms with van der Waals surface area (Å²) in [6, 6.07) is 7.96. The third-order valence-corrected chi connectivity index (χ3v) is 4.18. The summed E-state index contributed by atoms with van der Waals surface area (Å²) >= 11 is 0. The van der Waals surface area contributed by atoms with Gasteiger partial charge in [-0.1, -0.05) is 6.07 Å². The van der Waals surface area contributed by atoms with Crippen LogP contribution in [-0.4, -0.2) is 26.7 Å². The number of rotatable bonds is 4. The Kier molecular flexibility index (Phi) is 5.38. The fraction of sp³-hybridized carbons (Fsp3) is 0.368. The van der Waals surface area contributed by atoms with Gasteiger partial charge in [-0.2, -0.15) is 5.26 Å². The lowest BCUT2D eigenvalue weighted by Gasteiger charge is -2.28. The molecule has 0 amide bonds. The molecule has 1 aromatic rings. The summed E-state index contributed by atoms with van der Waals surface area (Å²) in [5.74, 6) is -0.722. The van der Waals surface area contributed by atoms with E-state index in [1.165, 1.54) is 0 Å². The predicted molar refractivity (Wildman–Crippen MR) is 95.5 cm³/mol. The van der Waals surface area contributed by atoms with Crippen molar-refractivity contribution in [3.05, 3.63) is 52.1 Å². The number of esters is 1. The first-order valence-electron chi connectivity index (χ1n) is 8.05. The molecule has 25 heavy (non-hydrogen) atoms. The number of hydrogen-bond acceptors (Lipinski definition) is 6. The Labute approximate surface area is 148 Å². The Bertz CT molecular complexity index is 801. The minimum absolute atomic E-state index is 0.0223. The highest BCUT2D eigenvalue weighted by atomic mass is 16.5. The first kappa shape index (κ1) is 18.4. The Morgan fingerprint density at radius 3 is 2.60 bits per heavy atom. The van der Waals surface area contributed by atoms with Crippen molar-refractivity contribution in [3.63, 3.8) is 0 Å². The van der Waals surface area contributed by atoms with Gasteiger partial charge >= 0.3 is 5.97 Å². The van der Waals surface area contributed by atoms with Crippen LogP contribution < -0.4 is 10.6 Å². The zero-order valence-corrected chi connectivity index (χ0v) is 15.2. The first-order chi connectivity index (χ1) is 11.8. The molecule has 2 rings (SSSR count). The second-order valence-corrected chi connectivity index (χ2v) is 6.05. The molecular weight excluding hydrogens is 318 g/mol. The van der Waals surface area contributed by atoms with Crippen LogP contribution in [0.5, 0.6) is 0 Å². The lowest BCUT2D eigenvalue weighted by Crippen LogP contribution is -2.26. The fourth-order valence-corrected chi connectivity index (χ4v) is 2.93. The first-order valence-corrected chi connectivity index (χ1v) is 8.05. The number of nitrogens with zero attached hydrogens (tertiary/aromatic N) is 2. The molecule has 1 heterocycles. The number of ether oxygens (including phenoxy) is 2. The molecule has 0 spiro atoms. The van der Waals surface area contributed by atoms with Gasteiger partial charge in [0, 0.05) is 19.8 Å². The van der Waals surface area contributed by atoms with E-state index in [1.807, 2.05) is 44.1 Å². The molecule has 0 aromatic heterocycles. The van der Waals surface area contributed by atoms with E-state index >= 15 is 0 Å². The van der Waals surface area contributed by atoms with Crippen molar-refractivity contribution in [1.82, 2.24) is 0 Å². The third-order valence-electron chi connectivity index (χ3n) is 4.18. The van der Waals surface area contributed by atoms with E-state index in [2.05, 4.69) is 6.07 Å². The van der Waals surface area contributed by atoms with Gasteiger partial charge in [-0.15, -0.1) is 0 Å². The van der Waals surface area contributed by atoms with Crippen molar-refractivity contribution in [2.75, 3.05) is 25.6 Å². The molecule has 2 N–H and O–H groups in total. The molecule has 1 aliphatic heterocycles. The Morgan fingerprint density at radius 1 is 1.40 bits per heavy atom. The average Bonchev–Trinajstić information content (AvgIpc) is 2.54. The summed E-state index contributed by atoms with van der Waals surface area (Å²) in [5.41, 5.74) is 9.25. The molecule has 1 atom stereocenters. The summed E-state index contributed by atoms with van der Waals surface area (Å²) in [5, 5.41) is 9.59. The van der Waals surface area contributed by atoms with Gasteiger partial charge in [0.2, 0.25) is 5.88 Å². The van der Waals surface area contributed by atoms with E-state index in [0.29, 0.717) is 11.3 Å². The molecule has 6 heteroatoms. The molecule has 6 nitrogen and oxygen atoms in total. The maximum Gasteiger partial charge on any atom is 0.338 e. The number of carbonyl (C=O) groups is 1. The van der Waals surface area contributed by atoms with Gasteiger partial charge in [-0.3, -0.25) is 0 Å². The Morgan fingerprint density at radius 2 is 2.08 bits per heavy atom. The molecule has 132 valence electrons. The minimum atomic E-state index is -0.603. The highest BCUT2D eigenvalue weighted by Crippen LogP contribution is 2.41. The second-order valence-electron chi connectivity index (χ2n) is 6.05. The monoisotopic (exact) mass is 341 g/mol. The van der Waals surface area contributed by atoms with Crippen molar-refractivity contribution in [3.8, 4) is 6.07 Å². The predicted octanol–water partition coefficient (Wildman–Crippen LogP) is 2.71. The minimum Gasteiger partial charge on any atom is -0.463 e. The SMILES string of the molecule is CCOC(=O)C1=C(C)OC(N)=C(C#N)C1c1ccc(N(C)C)cc1C. The van der Waals surface area contributed by atoms with Crippen LogP contribution in [0.15, 0.2) is 41.0 Å². The molecular formula is C19H23N3O3. The summed E-state index contributed by atoms with van der Waals surface area (Å²) in [6.45, 7) is 5.58. The number of nitrogens with two attached hydrogens (primary N) is 1. The van der Waals surface area contributed by atoms with Crippen LogP contribution in [-0.2, 0) is 14.3 Å². The maximum absolute atomic E-state index is 12.5. The van der Waals surface area contributed by atoms with Crippen LogP contribution >= 0.6 is 0 Å². The number of benzene rings is 1. The van der Waals surface area contributed by atoms with Crippen LogP contribution in [0.3, 0.4) is 0 Å². The number of carbonyl (C=O) groups excluding carboxylic acids is 1. The lowest BCUT2D eigenvalue weighted by molar-refractivity contribution is -0.139.